The molecule has 4 nitrogen and oxygen atoms in total. The lowest BCUT2D eigenvalue weighted by molar-refractivity contribution is 0.103. The van der Waals surface area contributed by atoms with Gasteiger partial charge in [-0.15, -0.1) is 0 Å². The van der Waals surface area contributed by atoms with Crippen molar-refractivity contribution in [2.24, 2.45) is 0 Å². The van der Waals surface area contributed by atoms with Crippen molar-refractivity contribution >= 4 is 16.9 Å². The Morgan fingerprint density at radius 3 is 2.50 bits per heavy atom. The Labute approximate surface area is 115 Å². The highest BCUT2D eigenvalue weighted by atomic mass is 16.4. The Balaban J connectivity index is 2.00. The van der Waals surface area contributed by atoms with E-state index >= 15 is 0 Å². The number of carbonyl (C=O) groups excluding carboxylic acids is 1. The van der Waals surface area contributed by atoms with E-state index in [0.29, 0.717) is 22.2 Å². The van der Waals surface area contributed by atoms with Gasteiger partial charge >= 0.3 is 5.76 Å². The quantitative estimate of drug-likeness (QED) is 0.742. The van der Waals surface area contributed by atoms with Gasteiger partial charge in [-0.2, -0.15) is 0 Å². The average molecular weight is 267 g/mol. The molecular weight excluding hydrogens is 254 g/mol. The molecule has 0 bridgehead atoms. The van der Waals surface area contributed by atoms with Gasteiger partial charge in [0.2, 0.25) is 0 Å². The third kappa shape index (κ3) is 2.16. The van der Waals surface area contributed by atoms with Crippen LogP contribution in [0.5, 0.6) is 0 Å². The number of fused-ring (bicyclic) bond motifs is 1. The molecule has 3 aromatic rings. The van der Waals surface area contributed by atoms with Gasteiger partial charge in [-0.3, -0.25) is 9.78 Å². The summed E-state index contributed by atoms with van der Waals surface area (Å²) in [5, 5.41) is 0. The predicted octanol–water partition coefficient (Wildman–Crippen LogP) is 2.91. The van der Waals surface area contributed by atoms with E-state index in [-0.39, 0.29) is 5.78 Å². The number of H-pyrrole nitrogens is 1. The largest absolute Gasteiger partial charge is 0.417 e. The first-order chi connectivity index (χ1) is 9.67. The highest BCUT2D eigenvalue weighted by molar-refractivity contribution is 6.10. The number of hydrogen-bond donors (Lipinski definition) is 1. The number of nitrogens with one attached hydrogen (secondary N) is 1. The molecule has 20 heavy (non-hydrogen) atoms. The van der Waals surface area contributed by atoms with Gasteiger partial charge in [0.1, 0.15) is 0 Å². The molecule has 0 aliphatic rings. The first kappa shape index (κ1) is 12.4. The molecule has 0 aliphatic carbocycles. The Bertz CT molecular complexity index is 825. The molecule has 0 spiro atoms. The van der Waals surface area contributed by atoms with Gasteiger partial charge in [0, 0.05) is 11.1 Å². The number of hydrogen-bond acceptors (Lipinski definition) is 3. The summed E-state index contributed by atoms with van der Waals surface area (Å²) in [7, 11) is 0. The maximum absolute atomic E-state index is 12.4. The van der Waals surface area contributed by atoms with Crippen molar-refractivity contribution in [3.05, 3.63) is 69.7 Å². The molecule has 0 fully saturated rings. The maximum Gasteiger partial charge on any atom is 0.417 e. The lowest BCUT2D eigenvalue weighted by atomic mass is 10.0. The van der Waals surface area contributed by atoms with Crippen LogP contribution in [0.2, 0.25) is 0 Å². The average Bonchev–Trinajstić information content (AvgIpc) is 2.85. The van der Waals surface area contributed by atoms with Crippen molar-refractivity contribution in [1.82, 2.24) is 4.98 Å². The van der Waals surface area contributed by atoms with Gasteiger partial charge in [-0.25, -0.2) is 4.79 Å². The van der Waals surface area contributed by atoms with Crippen molar-refractivity contribution in [3.8, 4) is 0 Å². The number of carbonyl (C=O) groups is 1. The Kier molecular flexibility index (Phi) is 2.99. The standard InChI is InChI=1S/C16H13NO3/c1-2-10-3-5-11(6-4-10)15(18)12-7-8-13-14(9-12)20-16(19)17-13/h3-9H,2H2,1H3,(H,17,19). The summed E-state index contributed by atoms with van der Waals surface area (Å²) in [6, 6.07) is 12.5. The van der Waals surface area contributed by atoms with Crippen molar-refractivity contribution in [2.75, 3.05) is 0 Å². The smallest absolute Gasteiger partial charge is 0.408 e. The molecule has 0 atom stereocenters. The number of aromatic nitrogens is 1. The Hall–Kier alpha value is -2.62. The fraction of sp³-hybridized carbons (Fsp3) is 0.125. The van der Waals surface area contributed by atoms with Gasteiger partial charge < -0.3 is 4.42 Å². The van der Waals surface area contributed by atoms with Crippen LogP contribution in [0.3, 0.4) is 0 Å². The van der Waals surface area contributed by atoms with Crippen molar-refractivity contribution in [1.29, 1.82) is 0 Å². The molecule has 1 aromatic heterocycles. The van der Waals surface area contributed by atoms with E-state index in [2.05, 4.69) is 11.9 Å². The fourth-order valence-electron chi connectivity index (χ4n) is 2.15. The summed E-state index contributed by atoms with van der Waals surface area (Å²) in [5.41, 5.74) is 3.30. The van der Waals surface area contributed by atoms with Crippen molar-refractivity contribution in [2.45, 2.75) is 13.3 Å². The normalized spacial score (nSPS) is 10.8. The zero-order chi connectivity index (χ0) is 14.1. The monoisotopic (exact) mass is 267 g/mol. The minimum atomic E-state index is -0.517. The number of rotatable bonds is 3. The number of aryl methyl sites for hydroxylation is 1. The van der Waals surface area contributed by atoms with E-state index in [4.69, 9.17) is 4.42 Å². The third-order valence-corrected chi connectivity index (χ3v) is 3.31. The van der Waals surface area contributed by atoms with Gasteiger partial charge in [0.25, 0.3) is 0 Å². The SMILES string of the molecule is CCc1ccc(C(=O)c2ccc3[nH]c(=O)oc3c2)cc1. The molecule has 0 saturated heterocycles. The molecule has 3 rings (SSSR count). The van der Waals surface area contributed by atoms with Crippen LogP contribution in [0.4, 0.5) is 0 Å². The molecule has 0 saturated carbocycles. The summed E-state index contributed by atoms with van der Waals surface area (Å²) in [6.07, 6.45) is 0.939. The molecule has 0 aliphatic heterocycles. The number of aromatic amines is 1. The van der Waals surface area contributed by atoms with Crippen LogP contribution in [0.1, 0.15) is 28.4 Å². The van der Waals surface area contributed by atoms with Crippen molar-refractivity contribution in [3.63, 3.8) is 0 Å². The van der Waals surface area contributed by atoms with Gasteiger partial charge in [-0.1, -0.05) is 31.2 Å². The topological polar surface area (TPSA) is 63.1 Å². The predicted molar refractivity (Wildman–Crippen MR) is 76.1 cm³/mol. The summed E-state index contributed by atoms with van der Waals surface area (Å²) in [6.45, 7) is 2.07. The lowest BCUT2D eigenvalue weighted by Crippen LogP contribution is -2.01. The molecular formula is C16H13NO3. The summed E-state index contributed by atoms with van der Waals surface area (Å²) in [5.74, 6) is -0.602. The molecule has 1 heterocycles. The lowest BCUT2D eigenvalue weighted by Gasteiger charge is -2.02. The van der Waals surface area contributed by atoms with E-state index in [9.17, 15) is 9.59 Å². The minimum Gasteiger partial charge on any atom is -0.408 e. The van der Waals surface area contributed by atoms with Crippen LogP contribution in [-0.2, 0) is 6.42 Å². The summed E-state index contributed by atoms with van der Waals surface area (Å²) >= 11 is 0. The van der Waals surface area contributed by atoms with Crippen LogP contribution < -0.4 is 5.76 Å². The maximum atomic E-state index is 12.4. The molecule has 100 valence electrons. The highest BCUT2D eigenvalue weighted by Crippen LogP contribution is 2.16. The number of benzene rings is 2. The first-order valence-corrected chi connectivity index (χ1v) is 6.44. The number of ketones is 1. The van der Waals surface area contributed by atoms with Crippen LogP contribution in [0.15, 0.2) is 51.7 Å². The fourth-order valence-corrected chi connectivity index (χ4v) is 2.15. The van der Waals surface area contributed by atoms with Gasteiger partial charge in [-0.05, 0) is 30.2 Å². The Morgan fingerprint density at radius 1 is 1.10 bits per heavy atom. The molecule has 4 heteroatoms. The van der Waals surface area contributed by atoms with Crippen LogP contribution in [-0.4, -0.2) is 10.8 Å². The van der Waals surface area contributed by atoms with Crippen LogP contribution >= 0.6 is 0 Å². The Morgan fingerprint density at radius 2 is 1.80 bits per heavy atom. The van der Waals surface area contributed by atoms with Crippen LogP contribution in [0, 0.1) is 0 Å². The highest BCUT2D eigenvalue weighted by Gasteiger charge is 2.11. The molecule has 0 radical (unpaired) electrons. The van der Waals surface area contributed by atoms with E-state index in [0.717, 1.165) is 6.42 Å². The molecule has 1 N–H and O–H groups in total. The summed E-state index contributed by atoms with van der Waals surface area (Å²) in [4.78, 5) is 26.0. The van der Waals surface area contributed by atoms with Crippen molar-refractivity contribution < 1.29 is 9.21 Å². The third-order valence-electron chi connectivity index (χ3n) is 3.31. The van der Waals surface area contributed by atoms with E-state index in [1.165, 1.54) is 5.56 Å². The second-order valence-corrected chi connectivity index (χ2v) is 4.61. The van der Waals surface area contributed by atoms with Gasteiger partial charge in [0.05, 0.1) is 5.52 Å². The van der Waals surface area contributed by atoms with Crippen LogP contribution in [0.25, 0.3) is 11.1 Å². The second kappa shape index (κ2) is 4.81. The minimum absolute atomic E-state index is 0.0848. The molecule has 0 unspecified atom stereocenters. The zero-order valence-corrected chi connectivity index (χ0v) is 11.0. The van der Waals surface area contributed by atoms with E-state index in [1.54, 1.807) is 18.2 Å². The summed E-state index contributed by atoms with van der Waals surface area (Å²) < 4.78 is 4.97. The molecule has 2 aromatic carbocycles. The zero-order valence-electron chi connectivity index (χ0n) is 11.0. The second-order valence-electron chi connectivity index (χ2n) is 4.61. The van der Waals surface area contributed by atoms with E-state index in [1.807, 2.05) is 24.3 Å². The molecule has 0 amide bonds. The van der Waals surface area contributed by atoms with Gasteiger partial charge in [0.15, 0.2) is 11.4 Å². The van der Waals surface area contributed by atoms with E-state index < -0.39 is 5.76 Å². The first-order valence-electron chi connectivity index (χ1n) is 6.44. The number of oxazole rings is 1.